The van der Waals surface area contributed by atoms with Gasteiger partial charge in [-0.1, -0.05) is 38.2 Å². The van der Waals surface area contributed by atoms with Crippen molar-refractivity contribution in [2.45, 2.75) is 20.3 Å². The fourth-order valence-electron chi connectivity index (χ4n) is 2.63. The third-order valence-corrected chi connectivity index (χ3v) is 3.61. The molecule has 0 N–H and O–H groups in total. The lowest BCUT2D eigenvalue weighted by Crippen LogP contribution is -2.31. The second-order valence-electron chi connectivity index (χ2n) is 4.72. The summed E-state index contributed by atoms with van der Waals surface area (Å²) >= 11 is 0. The average molecular weight is 201 g/mol. The van der Waals surface area contributed by atoms with Crippen molar-refractivity contribution < 1.29 is 0 Å². The molecule has 2 unspecified atom stereocenters. The first-order chi connectivity index (χ1) is 7.22. The Balaban J connectivity index is 2.19. The number of aliphatic imine (C=N–C) groups is 1. The van der Waals surface area contributed by atoms with E-state index in [1.165, 1.54) is 12.0 Å². The molecule has 0 aromatic heterocycles. The van der Waals surface area contributed by atoms with Crippen LogP contribution in [0.2, 0.25) is 0 Å². The van der Waals surface area contributed by atoms with Gasteiger partial charge in [0.15, 0.2) is 0 Å². The number of rotatable bonds is 1. The minimum absolute atomic E-state index is 0.743. The van der Waals surface area contributed by atoms with Gasteiger partial charge in [0.25, 0.3) is 0 Å². The highest BCUT2D eigenvalue weighted by Gasteiger charge is 2.33. The second-order valence-corrected chi connectivity index (χ2v) is 4.72. The van der Waals surface area contributed by atoms with E-state index >= 15 is 0 Å². The van der Waals surface area contributed by atoms with E-state index in [1.807, 2.05) is 13.1 Å². The Hall–Kier alpha value is -1.11. The highest BCUT2D eigenvalue weighted by molar-refractivity contribution is 6.11. The molecule has 0 aliphatic heterocycles. The van der Waals surface area contributed by atoms with Crippen LogP contribution in [0.5, 0.6) is 0 Å². The van der Waals surface area contributed by atoms with Crippen LogP contribution in [0.15, 0.2) is 40.9 Å². The Bertz CT molecular complexity index is 350. The Labute approximate surface area is 92.3 Å². The van der Waals surface area contributed by atoms with Crippen LogP contribution >= 0.6 is 0 Å². The quantitative estimate of drug-likeness (QED) is 0.616. The van der Waals surface area contributed by atoms with E-state index in [1.54, 1.807) is 0 Å². The van der Waals surface area contributed by atoms with Crippen molar-refractivity contribution in [2.75, 3.05) is 7.05 Å². The van der Waals surface area contributed by atoms with Gasteiger partial charge in [-0.15, -0.1) is 0 Å². The van der Waals surface area contributed by atoms with Crippen LogP contribution < -0.4 is 0 Å². The van der Waals surface area contributed by atoms with E-state index < -0.39 is 0 Å². The molecule has 0 radical (unpaired) electrons. The lowest BCUT2D eigenvalue weighted by Gasteiger charge is -2.39. The molecular formula is C14H19N. The number of allylic oxidation sites excluding steroid dienone is 6. The van der Waals surface area contributed by atoms with Crippen molar-refractivity contribution in [1.82, 2.24) is 0 Å². The van der Waals surface area contributed by atoms with Gasteiger partial charge < -0.3 is 0 Å². The minimum atomic E-state index is 0.743. The number of nitrogens with zero attached hydrogens (tertiary/aromatic N) is 1. The molecule has 0 heterocycles. The van der Waals surface area contributed by atoms with Crippen molar-refractivity contribution in [2.24, 2.45) is 22.7 Å². The third kappa shape index (κ3) is 1.97. The summed E-state index contributed by atoms with van der Waals surface area (Å²) < 4.78 is 0. The van der Waals surface area contributed by atoms with E-state index in [4.69, 9.17) is 0 Å². The lowest BCUT2D eigenvalue weighted by molar-refractivity contribution is 0.148. The van der Waals surface area contributed by atoms with Crippen LogP contribution in [-0.4, -0.2) is 12.8 Å². The standard InChI is InChI=1S/C14H19N/c1-10-8-11(2)13(10)9-12-6-4-5-7-14(12)15-3/h4-7,9-11,13H,8H2,1-3H3/b12-9-,15-14?. The molecule has 15 heavy (non-hydrogen) atoms. The van der Waals surface area contributed by atoms with Crippen LogP contribution in [0, 0.1) is 17.8 Å². The summed E-state index contributed by atoms with van der Waals surface area (Å²) in [7, 11) is 1.86. The maximum absolute atomic E-state index is 4.30. The SMILES string of the molecule is CN=C1C=CC=C/C1=C/C1C(C)CC1C. The molecular weight excluding hydrogens is 182 g/mol. The Morgan fingerprint density at radius 3 is 2.47 bits per heavy atom. The highest BCUT2D eigenvalue weighted by atomic mass is 14.7. The van der Waals surface area contributed by atoms with Crippen LogP contribution in [0.3, 0.4) is 0 Å². The maximum Gasteiger partial charge on any atom is 0.0640 e. The lowest BCUT2D eigenvalue weighted by atomic mass is 9.66. The first-order valence-electron chi connectivity index (χ1n) is 5.76. The van der Waals surface area contributed by atoms with E-state index in [0.29, 0.717) is 0 Å². The largest absolute Gasteiger partial charge is 0.288 e. The molecule has 1 heteroatoms. The summed E-state index contributed by atoms with van der Waals surface area (Å²) in [5, 5.41) is 0. The Morgan fingerprint density at radius 1 is 1.20 bits per heavy atom. The van der Waals surface area contributed by atoms with Crippen molar-refractivity contribution in [1.29, 1.82) is 0 Å². The van der Waals surface area contributed by atoms with Crippen LogP contribution in [0.1, 0.15) is 20.3 Å². The van der Waals surface area contributed by atoms with Gasteiger partial charge in [-0.2, -0.15) is 0 Å². The summed E-state index contributed by atoms with van der Waals surface area (Å²) in [6.07, 6.45) is 12.2. The zero-order valence-corrected chi connectivity index (χ0v) is 9.77. The molecule has 0 bridgehead atoms. The molecule has 2 atom stereocenters. The van der Waals surface area contributed by atoms with Crippen LogP contribution in [-0.2, 0) is 0 Å². The van der Waals surface area contributed by atoms with Crippen molar-refractivity contribution in [3.05, 3.63) is 36.0 Å². The molecule has 0 spiro atoms. The molecule has 0 saturated heterocycles. The summed E-state index contributed by atoms with van der Waals surface area (Å²) in [5.74, 6) is 2.42. The predicted molar refractivity (Wildman–Crippen MR) is 66.2 cm³/mol. The molecule has 0 aromatic carbocycles. The molecule has 1 fully saturated rings. The van der Waals surface area contributed by atoms with E-state index in [0.717, 1.165) is 23.5 Å². The summed E-state index contributed by atoms with van der Waals surface area (Å²) in [4.78, 5) is 4.30. The van der Waals surface area contributed by atoms with Gasteiger partial charge in [-0.25, -0.2) is 0 Å². The summed E-state index contributed by atoms with van der Waals surface area (Å²) in [6, 6.07) is 0. The Morgan fingerprint density at radius 2 is 1.87 bits per heavy atom. The van der Waals surface area contributed by atoms with Gasteiger partial charge in [0.2, 0.25) is 0 Å². The number of hydrogen-bond acceptors (Lipinski definition) is 1. The summed E-state index contributed by atoms with van der Waals surface area (Å²) in [5.41, 5.74) is 2.41. The molecule has 80 valence electrons. The van der Waals surface area contributed by atoms with Gasteiger partial charge in [0.05, 0.1) is 5.71 Å². The predicted octanol–water partition coefficient (Wildman–Crippen LogP) is 3.40. The summed E-state index contributed by atoms with van der Waals surface area (Å²) in [6.45, 7) is 4.68. The second kappa shape index (κ2) is 4.18. The minimum Gasteiger partial charge on any atom is -0.288 e. The molecule has 2 rings (SSSR count). The Kier molecular flexibility index (Phi) is 2.90. The van der Waals surface area contributed by atoms with Crippen molar-refractivity contribution >= 4 is 5.71 Å². The monoisotopic (exact) mass is 201 g/mol. The molecule has 2 aliphatic rings. The molecule has 1 nitrogen and oxygen atoms in total. The molecule has 2 aliphatic carbocycles. The zero-order chi connectivity index (χ0) is 10.8. The fourth-order valence-corrected chi connectivity index (χ4v) is 2.63. The van der Waals surface area contributed by atoms with E-state index in [9.17, 15) is 0 Å². The first-order valence-corrected chi connectivity index (χ1v) is 5.76. The van der Waals surface area contributed by atoms with Gasteiger partial charge >= 0.3 is 0 Å². The normalized spacial score (nSPS) is 39.8. The van der Waals surface area contributed by atoms with Gasteiger partial charge in [-0.05, 0) is 35.8 Å². The molecule has 0 aromatic rings. The van der Waals surface area contributed by atoms with Crippen molar-refractivity contribution in [3.8, 4) is 0 Å². The first kappa shape index (κ1) is 10.4. The highest BCUT2D eigenvalue weighted by Crippen LogP contribution is 2.41. The smallest absolute Gasteiger partial charge is 0.0640 e. The topological polar surface area (TPSA) is 12.4 Å². The molecule has 1 saturated carbocycles. The number of hydrogen-bond donors (Lipinski definition) is 0. The van der Waals surface area contributed by atoms with Gasteiger partial charge in [0, 0.05) is 7.05 Å². The molecule has 0 amide bonds. The maximum atomic E-state index is 4.30. The van der Waals surface area contributed by atoms with Crippen LogP contribution in [0.4, 0.5) is 0 Å². The van der Waals surface area contributed by atoms with E-state index in [-0.39, 0.29) is 0 Å². The van der Waals surface area contributed by atoms with Crippen molar-refractivity contribution in [3.63, 3.8) is 0 Å². The third-order valence-electron chi connectivity index (χ3n) is 3.61. The fraction of sp³-hybridized carbons (Fsp3) is 0.500. The van der Waals surface area contributed by atoms with Gasteiger partial charge in [0.1, 0.15) is 0 Å². The average Bonchev–Trinajstić information content (AvgIpc) is 2.26. The zero-order valence-electron chi connectivity index (χ0n) is 9.77. The van der Waals surface area contributed by atoms with E-state index in [2.05, 4.69) is 43.1 Å². The van der Waals surface area contributed by atoms with Crippen LogP contribution in [0.25, 0.3) is 0 Å². The van der Waals surface area contributed by atoms with Gasteiger partial charge in [-0.3, -0.25) is 4.99 Å².